The normalized spacial score (nSPS) is 16.1. The SMILES string of the molecule is CC[C@H](C)[C@H](NC(=O)[C@H](CCCN=C(N)N)NC(=O)[C@H](CC(=O)O)NC(=O)[C@@H](N)CS)C(=O)N[C@@H](C)C(=O)N[C@@H](Cc1c[nH]c2ccccc12)C(=O)N[C@@H](Cc1ccc(O)cc1)C(=O)N1CCC[C@H]1C(=O)N[C@@H](CCC(N)=O)C(=O)N[C@@H](Cc1cnc[nH]1)C(=O)N[C@@H](C)C(=O)N[C@@H](CS)C(=O)O. The van der Waals surface area contributed by atoms with Crippen molar-refractivity contribution in [2.75, 3.05) is 24.6 Å². The molecule has 23 N–H and O–H groups in total. The lowest BCUT2D eigenvalue weighted by Gasteiger charge is -2.31. The lowest BCUT2D eigenvalue weighted by Crippen LogP contribution is -2.61. The van der Waals surface area contributed by atoms with Gasteiger partial charge in [-0.05, 0) is 81.2 Å². The maximum atomic E-state index is 15.2. The summed E-state index contributed by atoms with van der Waals surface area (Å²) in [7, 11) is 0. The topological polar surface area (TPSA) is 584 Å². The number of para-hydroxylation sites is 1. The number of aromatic amines is 2. The van der Waals surface area contributed by atoms with Crippen molar-refractivity contribution >= 4 is 125 Å². The molecule has 2 aromatic heterocycles. The van der Waals surface area contributed by atoms with Gasteiger partial charge in [0, 0.05) is 79.3 Å². The van der Waals surface area contributed by atoms with Crippen LogP contribution < -0.4 is 76.1 Å². The predicted octanol–water partition coefficient (Wildman–Crippen LogP) is -4.39. The summed E-state index contributed by atoms with van der Waals surface area (Å²) in [5.41, 5.74) is 24.2. The highest BCUT2D eigenvalue weighted by Gasteiger charge is 2.42. The summed E-state index contributed by atoms with van der Waals surface area (Å²) >= 11 is 7.92. The quantitative estimate of drug-likeness (QED) is 0.00864. The predicted molar refractivity (Wildman–Crippen MR) is 375 cm³/mol. The maximum Gasteiger partial charge on any atom is 0.327 e. The van der Waals surface area contributed by atoms with Crippen molar-refractivity contribution in [3.05, 3.63) is 84.1 Å². The molecule has 102 heavy (non-hydrogen) atoms. The van der Waals surface area contributed by atoms with Crippen molar-refractivity contribution in [3.8, 4) is 5.75 Å². The number of nitrogens with two attached hydrogens (primary N) is 4. The fourth-order valence-electron chi connectivity index (χ4n) is 10.8. The molecule has 38 heteroatoms. The van der Waals surface area contributed by atoms with E-state index in [1.54, 1.807) is 44.3 Å². The minimum Gasteiger partial charge on any atom is -0.508 e. The monoisotopic (exact) mass is 1460 g/mol. The van der Waals surface area contributed by atoms with Crippen molar-refractivity contribution in [2.45, 2.75) is 171 Å². The van der Waals surface area contributed by atoms with E-state index in [0.717, 1.165) is 0 Å². The second kappa shape index (κ2) is 40.1. The van der Waals surface area contributed by atoms with E-state index in [-0.39, 0.29) is 87.7 Å². The Bertz CT molecular complexity index is 3650. The van der Waals surface area contributed by atoms with Crippen LogP contribution in [-0.4, -0.2) is 221 Å². The number of aliphatic carboxylic acids is 2. The van der Waals surface area contributed by atoms with Gasteiger partial charge < -0.3 is 106 Å². The molecule has 3 heterocycles. The van der Waals surface area contributed by atoms with Crippen LogP contribution in [-0.2, 0) is 86.4 Å². The third-order valence-corrected chi connectivity index (χ3v) is 17.5. The summed E-state index contributed by atoms with van der Waals surface area (Å²) in [6, 6.07) is -4.81. The Hall–Kier alpha value is -10.5. The number of phenolic OH excluding ortho intramolecular Hbond substituents is 1. The number of guanidine groups is 1. The first-order valence-electron chi connectivity index (χ1n) is 32.7. The van der Waals surface area contributed by atoms with Crippen LogP contribution >= 0.6 is 25.3 Å². The third kappa shape index (κ3) is 25.3. The Morgan fingerprint density at radius 3 is 1.81 bits per heavy atom. The van der Waals surface area contributed by atoms with Gasteiger partial charge in [0.1, 0.15) is 72.2 Å². The van der Waals surface area contributed by atoms with Crippen LogP contribution in [0.4, 0.5) is 0 Å². The Balaban J connectivity index is 1.41. The molecule has 0 bridgehead atoms. The van der Waals surface area contributed by atoms with Gasteiger partial charge >= 0.3 is 11.9 Å². The van der Waals surface area contributed by atoms with E-state index < -0.39 is 181 Å². The standard InChI is InChI=1S/C64H91N19O17S2/c1-5-31(2)51(82-56(92)41(12-8-20-70-64(67)68)75-59(95)45(25-50(86)87)78-54(90)39(65)28-101)61(97)74-33(4)52(88)77-43(23-35-26-71-40-11-7-6-10-38(35)40)58(94)80-46(22-34-14-16-37(84)17-15-34)62(98)83-21-9-13-48(83)60(96)76-42(18-19-49(66)85)55(91)79-44(24-36-27-69-30-72-36)57(93)73-32(3)53(89)81-47(29-102)63(99)100/h6-7,10-11,14-17,26-27,30-33,39,41-48,51,71,84,101-102H,5,8-9,12-13,18-25,28-29,65H2,1-4H3,(H2,66,85)(H,69,72)(H,73,93)(H,74,97)(H,75,95)(H,76,96)(H,77,88)(H,78,90)(H,79,91)(H,80,94)(H,81,89)(H,82,92)(H,86,87)(H,99,100)(H4,67,68,70)/t31-,32-,33-,39-,41-,42-,43-,44-,45-,46-,47-,48-,51-/m0/s1. The number of primary amides is 1. The molecule has 556 valence electrons. The lowest BCUT2D eigenvalue weighted by atomic mass is 9.97. The molecule has 1 aliphatic rings. The van der Waals surface area contributed by atoms with Gasteiger partial charge in [0.25, 0.3) is 0 Å². The van der Waals surface area contributed by atoms with E-state index in [1.807, 2.05) is 0 Å². The fourth-order valence-corrected chi connectivity index (χ4v) is 11.2. The number of carboxylic acids is 2. The number of phenols is 1. The van der Waals surface area contributed by atoms with Crippen molar-refractivity contribution < 1.29 is 82.4 Å². The number of carbonyl (C=O) groups excluding carboxylic acids is 12. The molecule has 0 spiro atoms. The van der Waals surface area contributed by atoms with Crippen molar-refractivity contribution in [1.29, 1.82) is 0 Å². The molecule has 12 amide bonds. The van der Waals surface area contributed by atoms with E-state index in [2.05, 4.69) is 98.4 Å². The first-order chi connectivity index (χ1) is 48.3. The number of nitrogens with one attached hydrogen (secondary N) is 12. The van der Waals surface area contributed by atoms with Crippen LogP contribution in [0.2, 0.25) is 0 Å². The highest BCUT2D eigenvalue weighted by molar-refractivity contribution is 7.80. The zero-order valence-corrected chi connectivity index (χ0v) is 58.4. The molecule has 4 aromatic rings. The number of benzene rings is 2. The second-order valence-electron chi connectivity index (χ2n) is 24.5. The minimum absolute atomic E-state index is 0.0215. The fraction of sp³-hybridized carbons (Fsp3) is 0.500. The summed E-state index contributed by atoms with van der Waals surface area (Å²) in [6.45, 7) is 5.82. The summed E-state index contributed by atoms with van der Waals surface area (Å²) in [4.78, 5) is 206. The number of aliphatic imine (C=N–C) groups is 1. The highest BCUT2D eigenvalue weighted by atomic mass is 32.1. The van der Waals surface area contributed by atoms with E-state index in [0.29, 0.717) is 27.7 Å². The second-order valence-corrected chi connectivity index (χ2v) is 25.3. The molecule has 1 fully saturated rings. The molecule has 5 rings (SSSR count). The molecule has 0 saturated carbocycles. The number of aromatic hydroxyl groups is 1. The number of nitrogens with zero attached hydrogens (tertiary/aromatic N) is 3. The van der Waals surface area contributed by atoms with E-state index in [4.69, 9.17) is 22.9 Å². The average Bonchev–Trinajstić information content (AvgIpc) is 1.16. The zero-order valence-electron chi connectivity index (χ0n) is 56.6. The summed E-state index contributed by atoms with van der Waals surface area (Å²) in [6.07, 6.45) is 2.17. The van der Waals surface area contributed by atoms with Crippen LogP contribution in [0.5, 0.6) is 5.75 Å². The molecule has 36 nitrogen and oxygen atoms in total. The highest BCUT2D eigenvalue weighted by Crippen LogP contribution is 2.23. The number of aromatic nitrogens is 3. The number of carboxylic acid groups (broad SMARTS) is 2. The van der Waals surface area contributed by atoms with E-state index >= 15 is 9.59 Å². The molecule has 0 radical (unpaired) electrons. The van der Waals surface area contributed by atoms with Gasteiger partial charge in [-0.2, -0.15) is 25.3 Å². The van der Waals surface area contributed by atoms with E-state index in [1.165, 1.54) is 55.5 Å². The molecule has 0 aliphatic carbocycles. The number of fused-ring (bicyclic) bond motifs is 1. The molecule has 1 aliphatic heterocycles. The number of amides is 12. The summed E-state index contributed by atoms with van der Waals surface area (Å²) in [5.74, 6) is -15.4. The van der Waals surface area contributed by atoms with Gasteiger partial charge in [0.2, 0.25) is 70.9 Å². The molecular weight excluding hydrogens is 1370 g/mol. The summed E-state index contributed by atoms with van der Waals surface area (Å²) in [5, 5.41) is 55.2. The van der Waals surface area contributed by atoms with Crippen LogP contribution in [0, 0.1) is 5.92 Å². The number of hydrogen-bond donors (Lipinski definition) is 21. The maximum absolute atomic E-state index is 15.2. The molecule has 13 atom stereocenters. The molecule has 0 unspecified atom stereocenters. The average molecular weight is 1460 g/mol. The van der Waals surface area contributed by atoms with Crippen molar-refractivity contribution in [2.24, 2.45) is 33.8 Å². The number of imidazole rings is 1. The van der Waals surface area contributed by atoms with Gasteiger partial charge in [0.05, 0.1) is 18.8 Å². The number of likely N-dealkylation sites (tertiary alicyclic amines) is 1. The number of rotatable bonds is 41. The van der Waals surface area contributed by atoms with Gasteiger partial charge in [0.15, 0.2) is 5.96 Å². The van der Waals surface area contributed by atoms with Crippen LogP contribution in [0.15, 0.2) is 72.2 Å². The molecule has 2 aromatic carbocycles. The van der Waals surface area contributed by atoms with Crippen LogP contribution in [0.3, 0.4) is 0 Å². The summed E-state index contributed by atoms with van der Waals surface area (Å²) < 4.78 is 0. The number of thiol groups is 2. The van der Waals surface area contributed by atoms with Crippen molar-refractivity contribution in [3.63, 3.8) is 0 Å². The zero-order chi connectivity index (χ0) is 75.5. The Labute approximate surface area is 596 Å². The third-order valence-electron chi connectivity index (χ3n) is 16.7. The van der Waals surface area contributed by atoms with Crippen LogP contribution in [0.25, 0.3) is 10.9 Å². The van der Waals surface area contributed by atoms with Gasteiger partial charge in [-0.3, -0.25) is 67.3 Å². The Morgan fingerprint density at radius 2 is 1.21 bits per heavy atom. The smallest absolute Gasteiger partial charge is 0.327 e. The first-order valence-corrected chi connectivity index (χ1v) is 34.0. The van der Waals surface area contributed by atoms with Crippen molar-refractivity contribution in [1.82, 2.24) is 73.0 Å². The Kier molecular flexibility index (Phi) is 32.3. The van der Waals surface area contributed by atoms with Gasteiger partial charge in [-0.15, -0.1) is 0 Å². The first kappa shape index (κ1) is 82.2. The minimum atomic E-state index is -1.72. The lowest BCUT2D eigenvalue weighted by molar-refractivity contribution is -0.142. The van der Waals surface area contributed by atoms with Crippen LogP contribution in [0.1, 0.15) is 95.9 Å². The van der Waals surface area contributed by atoms with E-state index in [9.17, 15) is 72.9 Å². The van der Waals surface area contributed by atoms with Gasteiger partial charge in [-0.25, -0.2) is 9.78 Å². The number of hydrogen-bond acceptors (Lipinski definition) is 20. The molecular formula is C64H91N19O17S2. The van der Waals surface area contributed by atoms with Gasteiger partial charge in [-0.1, -0.05) is 50.6 Å². The Morgan fingerprint density at radius 1 is 0.637 bits per heavy atom. The number of carbonyl (C=O) groups is 14. The number of H-pyrrole nitrogens is 2. The largest absolute Gasteiger partial charge is 0.508 e. The molecule has 1 saturated heterocycles.